The molecule has 0 fully saturated rings. The maximum atomic E-state index is 10.9. The van der Waals surface area contributed by atoms with Gasteiger partial charge in [-0.25, -0.2) is 0 Å². The molecule has 1 amide bonds. The number of carbonyl (C=O) groups excluding carboxylic acids is 2. The molecule has 0 aliphatic rings. The van der Waals surface area contributed by atoms with Crippen LogP contribution in [-0.2, 0) is 4.79 Å². The summed E-state index contributed by atoms with van der Waals surface area (Å²) in [6.07, 6.45) is 1.42. The van der Waals surface area contributed by atoms with E-state index in [1.165, 1.54) is 13.1 Å². The summed E-state index contributed by atoms with van der Waals surface area (Å²) < 4.78 is 0. The van der Waals surface area contributed by atoms with Crippen molar-refractivity contribution in [1.29, 1.82) is 0 Å². The van der Waals surface area contributed by atoms with Crippen LogP contribution in [0.3, 0.4) is 0 Å². The Morgan fingerprint density at radius 1 is 1.43 bits per heavy atom. The first-order valence-corrected chi connectivity index (χ1v) is 3.88. The summed E-state index contributed by atoms with van der Waals surface area (Å²) >= 11 is 0. The molecule has 0 saturated heterocycles. The van der Waals surface area contributed by atoms with Crippen LogP contribution in [0.1, 0.15) is 23.0 Å². The molecule has 1 aromatic rings. The highest BCUT2D eigenvalue weighted by atomic mass is 16.1. The van der Waals surface area contributed by atoms with E-state index in [4.69, 9.17) is 5.73 Å². The van der Waals surface area contributed by atoms with Gasteiger partial charge in [-0.3, -0.25) is 14.6 Å². The second-order valence-corrected chi connectivity index (χ2v) is 2.60. The summed E-state index contributed by atoms with van der Waals surface area (Å²) in [5.41, 5.74) is 5.75. The number of hydrogen-bond donors (Lipinski definition) is 1. The number of nitrogens with two attached hydrogens (primary N) is 1. The Morgan fingerprint density at radius 2 is 2.14 bits per heavy atom. The summed E-state index contributed by atoms with van der Waals surface area (Å²) in [7, 11) is 0. The van der Waals surface area contributed by atoms with Gasteiger partial charge in [-0.05, 0) is 12.1 Å². The van der Waals surface area contributed by atoms with Crippen molar-refractivity contribution in [3.05, 3.63) is 29.6 Å². The van der Waals surface area contributed by atoms with Crippen LogP contribution in [0.5, 0.6) is 0 Å². The number of amides is 1. The number of nitrogens with zero attached hydrogens (tertiary/aromatic N) is 1. The molecule has 4 nitrogen and oxygen atoms in total. The highest BCUT2D eigenvalue weighted by molar-refractivity contribution is 5.93. The molecule has 0 saturated carbocycles. The quantitative estimate of drug-likeness (QED) is 0.502. The topological polar surface area (TPSA) is 73.1 Å². The monoisotopic (exact) mass is 188 g/mol. The number of ketones is 1. The van der Waals surface area contributed by atoms with Crippen LogP contribution in [0.2, 0.25) is 0 Å². The lowest BCUT2D eigenvalue weighted by molar-refractivity contribution is -0.112. The molecule has 70 valence electrons. The first-order valence-electron chi connectivity index (χ1n) is 3.88. The number of aromatic nitrogens is 1. The molecule has 0 unspecified atom stereocenters. The van der Waals surface area contributed by atoms with Crippen molar-refractivity contribution >= 4 is 11.7 Å². The molecule has 0 atom stereocenters. The smallest absolute Gasteiger partial charge is 0.293 e. The zero-order chi connectivity index (χ0) is 10.6. The summed E-state index contributed by atoms with van der Waals surface area (Å²) in [4.78, 5) is 25.0. The maximum Gasteiger partial charge on any atom is 0.293 e. The van der Waals surface area contributed by atoms with E-state index in [9.17, 15) is 9.59 Å². The summed E-state index contributed by atoms with van der Waals surface area (Å²) in [6.45, 7) is 1.43. The Balaban J connectivity index is 2.91. The first-order chi connectivity index (χ1) is 6.59. The van der Waals surface area contributed by atoms with Gasteiger partial charge in [0.15, 0.2) is 5.78 Å². The van der Waals surface area contributed by atoms with Crippen molar-refractivity contribution in [3.8, 4) is 11.8 Å². The lowest BCUT2D eigenvalue weighted by Crippen LogP contribution is -2.06. The Bertz CT molecular complexity index is 424. The van der Waals surface area contributed by atoms with Crippen molar-refractivity contribution in [3.63, 3.8) is 0 Å². The van der Waals surface area contributed by atoms with Gasteiger partial charge < -0.3 is 5.73 Å². The number of Topliss-reactive ketones (excluding diaryl/α,β-unsaturated/α-hetero) is 1. The molecule has 4 heteroatoms. The second kappa shape index (κ2) is 4.19. The molecule has 2 N–H and O–H groups in total. The van der Waals surface area contributed by atoms with E-state index in [-0.39, 0.29) is 5.78 Å². The lowest BCUT2D eigenvalue weighted by atomic mass is 10.2. The molecule has 14 heavy (non-hydrogen) atoms. The van der Waals surface area contributed by atoms with Crippen molar-refractivity contribution in [2.75, 3.05) is 0 Å². The molecule has 1 rings (SSSR count). The number of rotatable bonds is 1. The fourth-order valence-electron chi connectivity index (χ4n) is 0.810. The third kappa shape index (κ3) is 2.72. The minimum Gasteiger partial charge on any atom is -0.359 e. The molecule has 0 radical (unpaired) electrons. The highest BCUT2D eigenvalue weighted by Gasteiger charge is 1.98. The fraction of sp³-hybridized carbons (Fsp3) is 0.100. The Morgan fingerprint density at radius 3 is 2.57 bits per heavy atom. The van der Waals surface area contributed by atoms with E-state index in [0.29, 0.717) is 11.3 Å². The predicted octanol–water partition coefficient (Wildman–Crippen LogP) is 0.121. The third-order valence-corrected chi connectivity index (χ3v) is 1.45. The summed E-state index contributed by atoms with van der Waals surface area (Å²) in [5, 5.41) is 0. The molecule has 0 aliphatic heterocycles. The van der Waals surface area contributed by atoms with Crippen LogP contribution in [0.15, 0.2) is 18.3 Å². The number of primary amides is 1. The van der Waals surface area contributed by atoms with E-state index < -0.39 is 5.91 Å². The van der Waals surface area contributed by atoms with Crippen LogP contribution >= 0.6 is 0 Å². The van der Waals surface area contributed by atoms with E-state index >= 15 is 0 Å². The maximum absolute atomic E-state index is 10.9. The minimum atomic E-state index is -0.694. The van der Waals surface area contributed by atoms with Gasteiger partial charge in [0.2, 0.25) is 0 Å². The Kier molecular flexibility index (Phi) is 2.97. The summed E-state index contributed by atoms with van der Waals surface area (Å²) in [5.74, 6) is 3.88. The lowest BCUT2D eigenvalue weighted by Gasteiger charge is -1.93. The fourth-order valence-corrected chi connectivity index (χ4v) is 0.810. The minimum absolute atomic E-state index is 0.112. The molecular formula is C10H8N2O2. The van der Waals surface area contributed by atoms with Crippen molar-refractivity contribution in [2.45, 2.75) is 6.92 Å². The largest absolute Gasteiger partial charge is 0.359 e. The van der Waals surface area contributed by atoms with Crippen molar-refractivity contribution < 1.29 is 9.59 Å². The summed E-state index contributed by atoms with van der Waals surface area (Å²) in [6, 6.07) is 3.16. The van der Waals surface area contributed by atoms with Gasteiger partial charge >= 0.3 is 0 Å². The Hall–Kier alpha value is -2.15. The molecular weight excluding hydrogens is 180 g/mol. The van der Waals surface area contributed by atoms with E-state index in [0.717, 1.165) is 0 Å². The highest BCUT2D eigenvalue weighted by Crippen LogP contribution is 1.99. The van der Waals surface area contributed by atoms with E-state index in [2.05, 4.69) is 16.8 Å². The van der Waals surface area contributed by atoms with Crippen LogP contribution in [0, 0.1) is 11.8 Å². The van der Waals surface area contributed by atoms with Crippen LogP contribution in [-0.4, -0.2) is 16.7 Å². The van der Waals surface area contributed by atoms with Gasteiger partial charge in [0, 0.05) is 24.6 Å². The number of carbonyl (C=O) groups is 2. The normalized spacial score (nSPS) is 8.64. The standard InChI is InChI=1S/C10H8N2O2/c1-7(13)9-4-2-8(6-12-9)3-5-10(11)14/h2,4,6H,1H3,(H2,11,14). The zero-order valence-electron chi connectivity index (χ0n) is 7.57. The molecule has 1 aromatic heterocycles. The van der Waals surface area contributed by atoms with Crippen molar-refractivity contribution in [2.24, 2.45) is 5.73 Å². The molecule has 0 spiro atoms. The van der Waals surface area contributed by atoms with Gasteiger partial charge in [-0.2, -0.15) is 0 Å². The molecule has 0 aromatic carbocycles. The molecule has 0 aliphatic carbocycles. The van der Waals surface area contributed by atoms with Gasteiger partial charge in [0.1, 0.15) is 5.69 Å². The van der Waals surface area contributed by atoms with Gasteiger partial charge in [0.25, 0.3) is 5.91 Å². The predicted molar refractivity (Wildman–Crippen MR) is 50.3 cm³/mol. The molecule has 1 heterocycles. The van der Waals surface area contributed by atoms with E-state index in [1.54, 1.807) is 12.1 Å². The SMILES string of the molecule is CC(=O)c1ccc(C#CC(N)=O)cn1. The third-order valence-electron chi connectivity index (χ3n) is 1.45. The average Bonchev–Trinajstić information content (AvgIpc) is 2.15. The van der Waals surface area contributed by atoms with Gasteiger partial charge in [-0.1, -0.05) is 5.92 Å². The van der Waals surface area contributed by atoms with Crippen molar-refractivity contribution in [1.82, 2.24) is 4.98 Å². The molecule has 0 bridgehead atoms. The first kappa shape index (κ1) is 9.93. The van der Waals surface area contributed by atoms with Crippen LogP contribution < -0.4 is 5.73 Å². The van der Waals surface area contributed by atoms with Crippen LogP contribution in [0.25, 0.3) is 0 Å². The second-order valence-electron chi connectivity index (χ2n) is 2.60. The number of hydrogen-bond acceptors (Lipinski definition) is 3. The van der Waals surface area contributed by atoms with Crippen LogP contribution in [0.4, 0.5) is 0 Å². The van der Waals surface area contributed by atoms with E-state index in [1.807, 2.05) is 0 Å². The zero-order valence-corrected chi connectivity index (χ0v) is 7.57. The Labute approximate surface area is 81.1 Å². The van der Waals surface area contributed by atoms with Gasteiger partial charge in [-0.15, -0.1) is 0 Å². The number of pyridine rings is 1. The van der Waals surface area contributed by atoms with Gasteiger partial charge in [0.05, 0.1) is 0 Å². The average molecular weight is 188 g/mol.